The molecule has 0 aromatic heterocycles. The molecule has 0 radical (unpaired) electrons. The Labute approximate surface area is 101 Å². The topological polar surface area (TPSA) is 55.8 Å². The molecule has 2 atom stereocenters. The molecule has 1 aromatic carbocycles. The third-order valence-electron chi connectivity index (χ3n) is 2.68. The van der Waals surface area contributed by atoms with E-state index in [2.05, 4.69) is 4.74 Å². The van der Waals surface area contributed by atoms with Gasteiger partial charge in [-0.1, -0.05) is 25.1 Å². The SMILES string of the molecule is COC(=O)C(C)CC(O)c1ccccc1OC. The molecule has 0 aliphatic rings. The van der Waals surface area contributed by atoms with Crippen LogP contribution in [0, 0.1) is 5.92 Å². The molecule has 0 saturated heterocycles. The summed E-state index contributed by atoms with van der Waals surface area (Å²) in [7, 11) is 2.89. The summed E-state index contributed by atoms with van der Waals surface area (Å²) in [5.74, 6) is -0.0454. The third kappa shape index (κ3) is 3.46. The van der Waals surface area contributed by atoms with E-state index in [-0.39, 0.29) is 11.9 Å². The van der Waals surface area contributed by atoms with Crippen LogP contribution in [-0.2, 0) is 9.53 Å². The number of ether oxygens (including phenoxy) is 2. The molecule has 1 N–H and O–H groups in total. The van der Waals surface area contributed by atoms with Crippen LogP contribution >= 0.6 is 0 Å². The fourth-order valence-electron chi connectivity index (χ4n) is 1.70. The Morgan fingerprint density at radius 1 is 1.35 bits per heavy atom. The van der Waals surface area contributed by atoms with Crippen molar-refractivity contribution in [3.8, 4) is 5.75 Å². The first-order chi connectivity index (χ1) is 8.10. The Morgan fingerprint density at radius 3 is 2.59 bits per heavy atom. The maximum absolute atomic E-state index is 11.3. The molecule has 0 bridgehead atoms. The van der Waals surface area contributed by atoms with Crippen molar-refractivity contribution in [3.05, 3.63) is 29.8 Å². The van der Waals surface area contributed by atoms with E-state index in [0.717, 1.165) is 0 Å². The van der Waals surface area contributed by atoms with E-state index in [1.165, 1.54) is 7.11 Å². The Bertz CT molecular complexity index is 375. The van der Waals surface area contributed by atoms with Gasteiger partial charge in [0.05, 0.1) is 26.2 Å². The van der Waals surface area contributed by atoms with Gasteiger partial charge in [0.25, 0.3) is 0 Å². The zero-order chi connectivity index (χ0) is 12.8. The number of carbonyl (C=O) groups is 1. The van der Waals surface area contributed by atoms with Gasteiger partial charge in [-0.3, -0.25) is 4.79 Å². The van der Waals surface area contributed by atoms with E-state index in [1.807, 2.05) is 12.1 Å². The van der Waals surface area contributed by atoms with E-state index in [0.29, 0.717) is 17.7 Å². The molecule has 4 heteroatoms. The number of hydrogen-bond acceptors (Lipinski definition) is 4. The van der Waals surface area contributed by atoms with Gasteiger partial charge in [-0.25, -0.2) is 0 Å². The van der Waals surface area contributed by atoms with E-state index in [1.54, 1.807) is 26.2 Å². The molecule has 17 heavy (non-hydrogen) atoms. The molecule has 0 heterocycles. The monoisotopic (exact) mass is 238 g/mol. The second-order valence-electron chi connectivity index (χ2n) is 3.92. The van der Waals surface area contributed by atoms with Crippen LogP contribution in [0.5, 0.6) is 5.75 Å². The number of aliphatic hydroxyl groups is 1. The molecule has 0 spiro atoms. The van der Waals surface area contributed by atoms with Gasteiger partial charge in [0.2, 0.25) is 0 Å². The number of aliphatic hydroxyl groups excluding tert-OH is 1. The smallest absolute Gasteiger partial charge is 0.308 e. The molecule has 1 rings (SSSR count). The molecule has 2 unspecified atom stereocenters. The lowest BCUT2D eigenvalue weighted by molar-refractivity contribution is -0.145. The number of benzene rings is 1. The fourth-order valence-corrected chi connectivity index (χ4v) is 1.70. The second kappa shape index (κ2) is 6.25. The average Bonchev–Trinajstić information content (AvgIpc) is 2.37. The lowest BCUT2D eigenvalue weighted by Crippen LogP contribution is -2.16. The fraction of sp³-hybridized carbons (Fsp3) is 0.462. The van der Waals surface area contributed by atoms with Crippen molar-refractivity contribution >= 4 is 5.97 Å². The highest BCUT2D eigenvalue weighted by Gasteiger charge is 2.20. The Hall–Kier alpha value is -1.55. The van der Waals surface area contributed by atoms with Gasteiger partial charge in [0.15, 0.2) is 0 Å². The Balaban J connectivity index is 2.75. The predicted octanol–water partition coefficient (Wildman–Crippen LogP) is 1.93. The number of carbonyl (C=O) groups excluding carboxylic acids is 1. The molecule has 4 nitrogen and oxygen atoms in total. The minimum absolute atomic E-state index is 0.313. The lowest BCUT2D eigenvalue weighted by atomic mass is 9.98. The van der Waals surface area contributed by atoms with E-state index >= 15 is 0 Å². The summed E-state index contributed by atoms with van der Waals surface area (Å²) in [6, 6.07) is 7.22. The summed E-state index contributed by atoms with van der Waals surface area (Å²) in [5, 5.41) is 10.1. The van der Waals surface area contributed by atoms with Gasteiger partial charge < -0.3 is 14.6 Å². The van der Waals surface area contributed by atoms with Crippen LogP contribution in [0.25, 0.3) is 0 Å². The Kier molecular flexibility index (Phi) is 4.97. The molecule has 0 saturated carbocycles. The standard InChI is InChI=1S/C13H18O4/c1-9(13(15)17-3)8-11(14)10-6-4-5-7-12(10)16-2/h4-7,9,11,14H,8H2,1-3H3. The maximum atomic E-state index is 11.3. The van der Waals surface area contributed by atoms with Crippen LogP contribution in [-0.4, -0.2) is 25.3 Å². The highest BCUT2D eigenvalue weighted by molar-refractivity contribution is 5.71. The predicted molar refractivity (Wildman–Crippen MR) is 63.8 cm³/mol. The number of methoxy groups -OCH3 is 2. The van der Waals surface area contributed by atoms with Crippen molar-refractivity contribution in [3.63, 3.8) is 0 Å². The van der Waals surface area contributed by atoms with Crippen molar-refractivity contribution in [2.24, 2.45) is 5.92 Å². The lowest BCUT2D eigenvalue weighted by Gasteiger charge is -2.17. The maximum Gasteiger partial charge on any atom is 0.308 e. The minimum Gasteiger partial charge on any atom is -0.496 e. The summed E-state index contributed by atoms with van der Waals surface area (Å²) in [5.41, 5.74) is 0.686. The van der Waals surface area contributed by atoms with Gasteiger partial charge in [-0.2, -0.15) is 0 Å². The number of para-hydroxylation sites is 1. The van der Waals surface area contributed by atoms with Crippen LogP contribution in [0.4, 0.5) is 0 Å². The van der Waals surface area contributed by atoms with E-state index in [4.69, 9.17) is 4.74 Å². The van der Waals surface area contributed by atoms with Crippen LogP contribution in [0.1, 0.15) is 25.0 Å². The number of hydrogen-bond donors (Lipinski definition) is 1. The molecule has 0 aliphatic heterocycles. The molecule has 0 aliphatic carbocycles. The van der Waals surface area contributed by atoms with Gasteiger partial charge in [0.1, 0.15) is 5.75 Å². The summed E-state index contributed by atoms with van der Waals surface area (Å²) in [6.07, 6.45) is -0.423. The number of esters is 1. The van der Waals surface area contributed by atoms with Crippen molar-refractivity contribution in [2.45, 2.75) is 19.4 Å². The van der Waals surface area contributed by atoms with Gasteiger partial charge in [0, 0.05) is 5.56 Å². The normalized spacial score (nSPS) is 13.9. The van der Waals surface area contributed by atoms with Crippen molar-refractivity contribution in [1.82, 2.24) is 0 Å². The summed E-state index contributed by atoms with van der Waals surface area (Å²) >= 11 is 0. The average molecular weight is 238 g/mol. The molecule has 0 amide bonds. The highest BCUT2D eigenvalue weighted by Crippen LogP contribution is 2.29. The minimum atomic E-state index is -0.736. The summed E-state index contributed by atoms with van der Waals surface area (Å²) < 4.78 is 9.78. The highest BCUT2D eigenvalue weighted by atomic mass is 16.5. The van der Waals surface area contributed by atoms with Crippen LogP contribution in [0.2, 0.25) is 0 Å². The van der Waals surface area contributed by atoms with E-state index in [9.17, 15) is 9.90 Å². The van der Waals surface area contributed by atoms with Gasteiger partial charge >= 0.3 is 5.97 Å². The number of rotatable bonds is 5. The largest absolute Gasteiger partial charge is 0.496 e. The van der Waals surface area contributed by atoms with Gasteiger partial charge in [-0.15, -0.1) is 0 Å². The first-order valence-electron chi connectivity index (χ1n) is 5.49. The van der Waals surface area contributed by atoms with Crippen molar-refractivity contribution in [2.75, 3.05) is 14.2 Å². The Morgan fingerprint density at radius 2 is 2.00 bits per heavy atom. The summed E-state index contributed by atoms with van der Waals surface area (Å²) in [4.78, 5) is 11.3. The third-order valence-corrected chi connectivity index (χ3v) is 2.68. The van der Waals surface area contributed by atoms with Crippen LogP contribution in [0.3, 0.4) is 0 Å². The van der Waals surface area contributed by atoms with Gasteiger partial charge in [-0.05, 0) is 12.5 Å². The summed E-state index contributed by atoms with van der Waals surface area (Å²) in [6.45, 7) is 1.73. The first kappa shape index (κ1) is 13.5. The van der Waals surface area contributed by atoms with Crippen LogP contribution < -0.4 is 4.74 Å². The van der Waals surface area contributed by atoms with Crippen molar-refractivity contribution < 1.29 is 19.4 Å². The molecule has 0 fully saturated rings. The second-order valence-corrected chi connectivity index (χ2v) is 3.92. The zero-order valence-electron chi connectivity index (χ0n) is 10.3. The molecule has 94 valence electrons. The van der Waals surface area contributed by atoms with E-state index < -0.39 is 6.10 Å². The first-order valence-corrected chi connectivity index (χ1v) is 5.49. The molecular weight excluding hydrogens is 220 g/mol. The zero-order valence-corrected chi connectivity index (χ0v) is 10.3. The molecule has 1 aromatic rings. The van der Waals surface area contributed by atoms with Crippen LogP contribution in [0.15, 0.2) is 24.3 Å². The van der Waals surface area contributed by atoms with Crippen molar-refractivity contribution in [1.29, 1.82) is 0 Å². The molecular formula is C13H18O4. The quantitative estimate of drug-likeness (QED) is 0.796.